The third-order valence-electron chi connectivity index (χ3n) is 4.41. The summed E-state index contributed by atoms with van der Waals surface area (Å²) in [4.78, 5) is 19.5. The van der Waals surface area contributed by atoms with Crippen LogP contribution in [0.3, 0.4) is 0 Å². The van der Waals surface area contributed by atoms with Crippen molar-refractivity contribution < 1.29 is 14.0 Å². The zero-order valence-electron chi connectivity index (χ0n) is 14.5. The quantitative estimate of drug-likeness (QED) is 0.500. The number of Topliss-reactive ketones (excluding diaryl/α,β-unsaturated/α-hetero) is 1. The molecule has 4 aromatic rings. The van der Waals surface area contributed by atoms with Crippen LogP contribution in [-0.2, 0) is 6.54 Å². The number of fused-ring (bicyclic) bond motifs is 1. The fourth-order valence-electron chi connectivity index (χ4n) is 3.03. The molecule has 132 valence electrons. The van der Waals surface area contributed by atoms with Gasteiger partial charge in [-0.25, -0.2) is 0 Å². The van der Waals surface area contributed by atoms with Crippen LogP contribution in [0.5, 0.6) is 0 Å². The van der Waals surface area contributed by atoms with Gasteiger partial charge in [-0.3, -0.25) is 4.79 Å². The average molecular weight is 350 g/mol. The third-order valence-corrected chi connectivity index (χ3v) is 4.41. The van der Waals surface area contributed by atoms with E-state index in [9.17, 15) is 4.79 Å². The van der Waals surface area contributed by atoms with Crippen LogP contribution in [0.15, 0.2) is 53.1 Å². The van der Waals surface area contributed by atoms with E-state index >= 15 is 0 Å². The second kappa shape index (κ2) is 6.51. The van der Waals surface area contributed by atoms with E-state index in [0.717, 1.165) is 28.2 Å². The number of carbonyl (C=O) groups excluding carboxylic acids is 1. The van der Waals surface area contributed by atoms with Gasteiger partial charge in [0.1, 0.15) is 16.8 Å². The molecule has 0 aliphatic heterocycles. The smallest absolute Gasteiger partial charge is 0.204 e. The summed E-state index contributed by atoms with van der Waals surface area (Å²) in [7, 11) is 0. The number of hydrogen-bond donors (Lipinski definition) is 0. The van der Waals surface area contributed by atoms with E-state index in [4.69, 9.17) is 9.25 Å². The van der Waals surface area contributed by atoms with Crippen molar-refractivity contribution in [2.75, 3.05) is 6.61 Å². The van der Waals surface area contributed by atoms with Crippen molar-refractivity contribution in [3.8, 4) is 0 Å². The molecule has 0 atom stereocenters. The zero-order chi connectivity index (χ0) is 18.1. The van der Waals surface area contributed by atoms with Crippen LogP contribution in [-0.4, -0.2) is 32.1 Å². The SMILES string of the molecule is Cc1cc(C(=O)COn2nnc3ccccc32)c(C)n1Cc1ccco1. The Morgan fingerprint density at radius 1 is 1.19 bits per heavy atom. The number of benzene rings is 1. The van der Waals surface area contributed by atoms with Crippen molar-refractivity contribution in [3.05, 3.63) is 71.4 Å². The van der Waals surface area contributed by atoms with E-state index in [-0.39, 0.29) is 12.4 Å². The molecule has 0 fully saturated rings. The number of para-hydroxylation sites is 1. The highest BCUT2D eigenvalue weighted by Gasteiger charge is 2.17. The van der Waals surface area contributed by atoms with Gasteiger partial charge in [-0.2, -0.15) is 0 Å². The molecule has 0 N–H and O–H groups in total. The molecule has 0 aliphatic carbocycles. The zero-order valence-corrected chi connectivity index (χ0v) is 14.5. The molecule has 0 saturated carbocycles. The highest BCUT2D eigenvalue weighted by molar-refractivity contribution is 5.98. The molecule has 7 nitrogen and oxygen atoms in total. The first-order valence-electron chi connectivity index (χ1n) is 8.29. The molecule has 4 rings (SSSR count). The monoisotopic (exact) mass is 350 g/mol. The van der Waals surface area contributed by atoms with Crippen molar-refractivity contribution >= 4 is 16.8 Å². The third kappa shape index (κ3) is 2.88. The largest absolute Gasteiger partial charge is 0.467 e. The van der Waals surface area contributed by atoms with Gasteiger partial charge in [-0.1, -0.05) is 17.0 Å². The molecule has 0 aliphatic rings. The summed E-state index contributed by atoms with van der Waals surface area (Å²) in [5.41, 5.74) is 3.96. The maximum atomic E-state index is 12.6. The van der Waals surface area contributed by atoms with Crippen molar-refractivity contribution in [1.29, 1.82) is 0 Å². The number of furan rings is 1. The number of aromatic nitrogens is 4. The summed E-state index contributed by atoms with van der Waals surface area (Å²) < 4.78 is 7.46. The van der Waals surface area contributed by atoms with Crippen LogP contribution in [0.4, 0.5) is 0 Å². The summed E-state index contributed by atoms with van der Waals surface area (Å²) >= 11 is 0. The molecule has 0 bridgehead atoms. The number of ketones is 1. The minimum Gasteiger partial charge on any atom is -0.467 e. The Bertz CT molecular complexity index is 1060. The molecular formula is C19H18N4O3. The molecule has 0 saturated heterocycles. The fourth-order valence-corrected chi connectivity index (χ4v) is 3.03. The second-order valence-corrected chi connectivity index (χ2v) is 6.10. The number of carbonyl (C=O) groups is 1. The Kier molecular flexibility index (Phi) is 4.04. The molecular weight excluding hydrogens is 332 g/mol. The summed E-state index contributed by atoms with van der Waals surface area (Å²) in [6, 6.07) is 13.1. The number of nitrogens with zero attached hydrogens (tertiary/aromatic N) is 4. The summed E-state index contributed by atoms with van der Waals surface area (Å²) in [6.07, 6.45) is 1.64. The summed E-state index contributed by atoms with van der Waals surface area (Å²) in [5, 5.41) is 7.94. The van der Waals surface area contributed by atoms with E-state index in [0.29, 0.717) is 12.1 Å². The Labute approximate surface area is 149 Å². The van der Waals surface area contributed by atoms with Crippen molar-refractivity contribution in [2.24, 2.45) is 0 Å². The van der Waals surface area contributed by atoms with E-state index in [1.807, 2.05) is 56.3 Å². The van der Waals surface area contributed by atoms with Crippen LogP contribution >= 0.6 is 0 Å². The normalized spacial score (nSPS) is 11.2. The van der Waals surface area contributed by atoms with E-state index in [1.165, 1.54) is 4.85 Å². The Balaban J connectivity index is 1.51. The first-order valence-corrected chi connectivity index (χ1v) is 8.29. The number of aryl methyl sites for hydroxylation is 1. The maximum absolute atomic E-state index is 12.6. The van der Waals surface area contributed by atoms with Gasteiger partial charge in [0.2, 0.25) is 5.78 Å². The molecule has 0 unspecified atom stereocenters. The standard InChI is InChI=1S/C19H18N4O3/c1-13-10-16(14(2)22(13)11-15-6-5-9-25-15)19(24)12-26-23-18-8-4-3-7-17(18)20-21-23/h3-10H,11-12H2,1-2H3. The van der Waals surface area contributed by atoms with E-state index < -0.39 is 0 Å². The van der Waals surface area contributed by atoms with Crippen LogP contribution in [0, 0.1) is 13.8 Å². The van der Waals surface area contributed by atoms with Crippen LogP contribution in [0.2, 0.25) is 0 Å². The van der Waals surface area contributed by atoms with Crippen LogP contribution in [0.25, 0.3) is 11.0 Å². The average Bonchev–Trinajstić information content (AvgIpc) is 3.36. The molecule has 7 heteroatoms. The highest BCUT2D eigenvalue weighted by Crippen LogP contribution is 2.18. The first-order chi connectivity index (χ1) is 12.6. The Morgan fingerprint density at radius 3 is 2.85 bits per heavy atom. The van der Waals surface area contributed by atoms with Crippen molar-refractivity contribution in [2.45, 2.75) is 20.4 Å². The minimum absolute atomic E-state index is 0.108. The lowest BCUT2D eigenvalue weighted by Crippen LogP contribution is -2.21. The van der Waals surface area contributed by atoms with Gasteiger partial charge in [-0.15, -0.1) is 5.10 Å². The van der Waals surface area contributed by atoms with Gasteiger partial charge in [0.15, 0.2) is 6.61 Å². The molecule has 3 heterocycles. The van der Waals surface area contributed by atoms with Gasteiger partial charge in [0, 0.05) is 17.0 Å². The van der Waals surface area contributed by atoms with Gasteiger partial charge < -0.3 is 13.8 Å². The lowest BCUT2D eigenvalue weighted by Gasteiger charge is -2.08. The van der Waals surface area contributed by atoms with Gasteiger partial charge >= 0.3 is 0 Å². The summed E-state index contributed by atoms with van der Waals surface area (Å²) in [6.45, 7) is 4.37. The van der Waals surface area contributed by atoms with Crippen LogP contribution < -0.4 is 4.84 Å². The second-order valence-electron chi connectivity index (χ2n) is 6.10. The number of rotatable bonds is 6. The maximum Gasteiger partial charge on any atom is 0.204 e. The Morgan fingerprint density at radius 2 is 2.04 bits per heavy atom. The van der Waals surface area contributed by atoms with Crippen LogP contribution in [0.1, 0.15) is 27.5 Å². The van der Waals surface area contributed by atoms with Crippen molar-refractivity contribution in [3.63, 3.8) is 0 Å². The lowest BCUT2D eigenvalue weighted by molar-refractivity contribution is 0.0630. The number of hydrogen-bond acceptors (Lipinski definition) is 5. The highest BCUT2D eigenvalue weighted by atomic mass is 16.7. The van der Waals surface area contributed by atoms with Gasteiger partial charge in [0.25, 0.3) is 0 Å². The van der Waals surface area contributed by atoms with E-state index in [2.05, 4.69) is 14.9 Å². The van der Waals surface area contributed by atoms with Crippen molar-refractivity contribution in [1.82, 2.24) is 19.7 Å². The molecule has 0 radical (unpaired) electrons. The molecule has 0 amide bonds. The lowest BCUT2D eigenvalue weighted by atomic mass is 10.1. The predicted octanol–water partition coefficient (Wildman–Crippen LogP) is 2.80. The first kappa shape index (κ1) is 16.1. The predicted molar refractivity (Wildman–Crippen MR) is 95.0 cm³/mol. The molecule has 0 spiro atoms. The molecule has 26 heavy (non-hydrogen) atoms. The fraction of sp³-hybridized carbons (Fsp3) is 0.211. The van der Waals surface area contributed by atoms with E-state index in [1.54, 1.807) is 6.26 Å². The Hall–Kier alpha value is -3.35. The van der Waals surface area contributed by atoms with Gasteiger partial charge in [-0.05, 0) is 49.4 Å². The summed E-state index contributed by atoms with van der Waals surface area (Å²) in [5.74, 6) is 0.736. The van der Waals surface area contributed by atoms with Gasteiger partial charge in [0.05, 0.1) is 12.8 Å². The topological polar surface area (TPSA) is 75.1 Å². The minimum atomic E-state index is -0.113. The molecule has 1 aromatic carbocycles. The molecule has 3 aromatic heterocycles.